The second-order valence-corrected chi connectivity index (χ2v) is 6.75. The number of hydrogen-bond acceptors (Lipinski definition) is 6. The van der Waals surface area contributed by atoms with Gasteiger partial charge in [0.25, 0.3) is 11.6 Å². The molecule has 0 N–H and O–H groups in total. The number of nitro benzene ring substituents is 1. The minimum absolute atomic E-state index is 0.0243. The van der Waals surface area contributed by atoms with E-state index in [1.807, 2.05) is 24.3 Å². The minimum Gasteiger partial charge on any atom is -0.352 e. The molecule has 0 spiro atoms. The number of benzene rings is 2. The third kappa shape index (κ3) is 3.36. The van der Waals surface area contributed by atoms with Crippen molar-refractivity contribution in [3.05, 3.63) is 69.9 Å². The van der Waals surface area contributed by atoms with E-state index in [-0.39, 0.29) is 11.6 Å². The fourth-order valence-electron chi connectivity index (χ4n) is 3.41. The molecule has 0 saturated carbocycles. The van der Waals surface area contributed by atoms with Crippen LogP contribution in [0.2, 0.25) is 0 Å². The van der Waals surface area contributed by atoms with Crippen LogP contribution >= 0.6 is 0 Å². The highest BCUT2D eigenvalue weighted by atomic mass is 16.6. The lowest BCUT2D eigenvalue weighted by Gasteiger charge is -2.35. The van der Waals surface area contributed by atoms with Crippen LogP contribution in [0.5, 0.6) is 0 Å². The van der Waals surface area contributed by atoms with Crippen molar-refractivity contribution in [2.45, 2.75) is 6.92 Å². The van der Waals surface area contributed by atoms with E-state index in [2.05, 4.69) is 14.9 Å². The van der Waals surface area contributed by atoms with E-state index in [1.54, 1.807) is 24.1 Å². The molecule has 2 aromatic carbocycles. The number of rotatable bonds is 3. The molecular weight excluding hydrogens is 358 g/mol. The summed E-state index contributed by atoms with van der Waals surface area (Å²) in [4.78, 5) is 36.3. The highest BCUT2D eigenvalue weighted by molar-refractivity contribution is 5.95. The number of carbonyl (C=O) groups is 1. The number of piperazine rings is 1. The fourth-order valence-corrected chi connectivity index (χ4v) is 3.41. The molecule has 3 aromatic rings. The molecule has 1 fully saturated rings. The van der Waals surface area contributed by atoms with Crippen molar-refractivity contribution in [2.75, 3.05) is 31.1 Å². The van der Waals surface area contributed by atoms with Crippen LogP contribution < -0.4 is 4.90 Å². The van der Waals surface area contributed by atoms with Crippen LogP contribution in [0.1, 0.15) is 15.9 Å². The van der Waals surface area contributed by atoms with Gasteiger partial charge in [-0.1, -0.05) is 12.1 Å². The van der Waals surface area contributed by atoms with Gasteiger partial charge in [-0.2, -0.15) is 0 Å². The van der Waals surface area contributed by atoms with Crippen molar-refractivity contribution in [3.8, 4) is 0 Å². The molecule has 142 valence electrons. The summed E-state index contributed by atoms with van der Waals surface area (Å²) >= 11 is 0. The van der Waals surface area contributed by atoms with Crippen molar-refractivity contribution in [1.29, 1.82) is 0 Å². The Morgan fingerprint density at radius 3 is 2.46 bits per heavy atom. The standard InChI is InChI=1S/C20H19N5O3/c1-14-12-15(6-7-18(14)25(27)28)20(26)24-10-8-23(9-11-24)19-13-21-16-4-2-3-5-17(16)22-19/h2-7,12-13H,8-11H2,1H3. The largest absolute Gasteiger partial charge is 0.352 e. The molecule has 0 aliphatic carbocycles. The maximum atomic E-state index is 12.8. The normalized spacial score (nSPS) is 14.3. The summed E-state index contributed by atoms with van der Waals surface area (Å²) in [5.41, 5.74) is 2.69. The number of fused-ring (bicyclic) bond motifs is 1. The number of aromatic nitrogens is 2. The highest BCUT2D eigenvalue weighted by Crippen LogP contribution is 2.21. The summed E-state index contributed by atoms with van der Waals surface area (Å²) in [5, 5.41) is 11.0. The van der Waals surface area contributed by atoms with Crippen molar-refractivity contribution in [1.82, 2.24) is 14.9 Å². The van der Waals surface area contributed by atoms with Gasteiger partial charge in [-0.25, -0.2) is 4.98 Å². The Kier molecular flexibility index (Phi) is 4.60. The Morgan fingerprint density at radius 2 is 1.79 bits per heavy atom. The SMILES string of the molecule is Cc1cc(C(=O)N2CCN(c3cnc4ccccc4n3)CC2)ccc1[N+](=O)[O-]. The van der Waals surface area contributed by atoms with Gasteiger partial charge >= 0.3 is 0 Å². The van der Waals surface area contributed by atoms with E-state index < -0.39 is 4.92 Å². The van der Waals surface area contributed by atoms with E-state index in [4.69, 9.17) is 0 Å². The average Bonchev–Trinajstić information content (AvgIpc) is 2.72. The lowest BCUT2D eigenvalue weighted by atomic mass is 10.1. The molecule has 0 radical (unpaired) electrons. The molecule has 2 heterocycles. The molecule has 8 nitrogen and oxygen atoms in total. The summed E-state index contributed by atoms with van der Waals surface area (Å²) < 4.78 is 0. The summed E-state index contributed by atoms with van der Waals surface area (Å²) in [6, 6.07) is 12.2. The first-order valence-electron chi connectivity index (χ1n) is 9.04. The maximum absolute atomic E-state index is 12.8. The van der Waals surface area contributed by atoms with Gasteiger partial charge in [0.15, 0.2) is 0 Å². The second-order valence-electron chi connectivity index (χ2n) is 6.75. The van der Waals surface area contributed by atoms with E-state index in [0.29, 0.717) is 37.3 Å². The quantitative estimate of drug-likeness (QED) is 0.515. The van der Waals surface area contributed by atoms with Crippen LogP contribution in [-0.2, 0) is 0 Å². The van der Waals surface area contributed by atoms with Gasteiger partial charge in [0.1, 0.15) is 5.82 Å². The molecule has 1 aliphatic rings. The topological polar surface area (TPSA) is 92.5 Å². The number of amides is 1. The molecule has 1 saturated heterocycles. The minimum atomic E-state index is -0.438. The Balaban J connectivity index is 1.45. The van der Waals surface area contributed by atoms with Crippen LogP contribution in [0.4, 0.5) is 11.5 Å². The number of nitrogens with zero attached hydrogens (tertiary/aromatic N) is 5. The summed E-state index contributed by atoms with van der Waals surface area (Å²) in [6.07, 6.45) is 1.76. The second kappa shape index (κ2) is 7.22. The molecule has 0 unspecified atom stereocenters. The fraction of sp³-hybridized carbons (Fsp3) is 0.250. The van der Waals surface area contributed by atoms with Crippen LogP contribution in [0, 0.1) is 17.0 Å². The molecule has 0 atom stereocenters. The maximum Gasteiger partial charge on any atom is 0.272 e. The number of hydrogen-bond donors (Lipinski definition) is 0. The van der Waals surface area contributed by atoms with Crippen molar-refractivity contribution < 1.29 is 9.72 Å². The number of aryl methyl sites for hydroxylation is 1. The molecule has 1 amide bonds. The van der Waals surface area contributed by atoms with Gasteiger partial charge in [0.2, 0.25) is 0 Å². The zero-order valence-corrected chi connectivity index (χ0v) is 15.4. The van der Waals surface area contributed by atoms with Crippen molar-refractivity contribution in [2.24, 2.45) is 0 Å². The van der Waals surface area contributed by atoms with Gasteiger partial charge in [-0.05, 0) is 31.2 Å². The number of nitro groups is 1. The first kappa shape index (κ1) is 17.8. The Morgan fingerprint density at radius 1 is 1.07 bits per heavy atom. The third-order valence-electron chi connectivity index (χ3n) is 4.97. The lowest BCUT2D eigenvalue weighted by molar-refractivity contribution is -0.385. The monoisotopic (exact) mass is 377 g/mol. The van der Waals surface area contributed by atoms with E-state index in [1.165, 1.54) is 12.1 Å². The third-order valence-corrected chi connectivity index (χ3v) is 4.97. The summed E-state index contributed by atoms with van der Waals surface area (Å²) in [7, 11) is 0. The Bertz CT molecular complexity index is 1060. The van der Waals surface area contributed by atoms with Crippen LogP contribution in [0.25, 0.3) is 11.0 Å². The van der Waals surface area contributed by atoms with Gasteiger partial charge in [-0.15, -0.1) is 0 Å². The molecule has 1 aliphatic heterocycles. The van der Waals surface area contributed by atoms with Gasteiger partial charge < -0.3 is 9.80 Å². The van der Waals surface area contributed by atoms with Gasteiger partial charge in [-0.3, -0.25) is 19.9 Å². The first-order chi connectivity index (χ1) is 13.5. The van der Waals surface area contributed by atoms with E-state index in [0.717, 1.165) is 16.9 Å². The lowest BCUT2D eigenvalue weighted by Crippen LogP contribution is -2.49. The van der Waals surface area contributed by atoms with Gasteiger partial charge in [0.05, 0.1) is 22.2 Å². The van der Waals surface area contributed by atoms with Crippen molar-refractivity contribution in [3.63, 3.8) is 0 Å². The Hall–Kier alpha value is -3.55. The molecule has 4 rings (SSSR count). The number of anilines is 1. The smallest absolute Gasteiger partial charge is 0.272 e. The average molecular weight is 377 g/mol. The van der Waals surface area contributed by atoms with E-state index in [9.17, 15) is 14.9 Å². The van der Waals surface area contributed by atoms with Crippen LogP contribution in [-0.4, -0.2) is 51.9 Å². The predicted octanol–water partition coefficient (Wildman–Crippen LogP) is 2.81. The highest BCUT2D eigenvalue weighted by Gasteiger charge is 2.24. The van der Waals surface area contributed by atoms with E-state index >= 15 is 0 Å². The molecular formula is C20H19N5O3. The molecule has 8 heteroatoms. The number of carbonyl (C=O) groups excluding carboxylic acids is 1. The molecule has 28 heavy (non-hydrogen) atoms. The Labute approximate surface area is 161 Å². The predicted molar refractivity (Wildman–Crippen MR) is 105 cm³/mol. The zero-order valence-electron chi connectivity index (χ0n) is 15.4. The first-order valence-corrected chi connectivity index (χ1v) is 9.04. The number of para-hydroxylation sites is 2. The molecule has 1 aromatic heterocycles. The van der Waals surface area contributed by atoms with Gasteiger partial charge in [0, 0.05) is 43.4 Å². The summed E-state index contributed by atoms with van der Waals surface area (Å²) in [5.74, 6) is 0.694. The molecule has 0 bridgehead atoms. The summed E-state index contributed by atoms with van der Waals surface area (Å²) in [6.45, 7) is 4.08. The zero-order chi connectivity index (χ0) is 19.7. The van der Waals surface area contributed by atoms with Crippen molar-refractivity contribution >= 4 is 28.4 Å². The van der Waals surface area contributed by atoms with Crippen LogP contribution in [0.15, 0.2) is 48.7 Å². The van der Waals surface area contributed by atoms with Crippen LogP contribution in [0.3, 0.4) is 0 Å².